The van der Waals surface area contributed by atoms with E-state index in [0.29, 0.717) is 18.0 Å². The Morgan fingerprint density at radius 2 is 1.74 bits per heavy atom. The van der Waals surface area contributed by atoms with Gasteiger partial charge in [-0.15, -0.1) is 0 Å². The van der Waals surface area contributed by atoms with Crippen LogP contribution >= 0.6 is 0 Å². The largest absolute Gasteiger partial charge is 0.489 e. The lowest BCUT2D eigenvalue weighted by molar-refractivity contribution is -0.384. The highest BCUT2D eigenvalue weighted by molar-refractivity contribution is 5.91. The number of carbonyl (C=O) groups excluding carboxylic acids is 1. The number of nitrogens with zero attached hydrogens (tertiary/aromatic N) is 2. The highest BCUT2D eigenvalue weighted by Crippen LogP contribution is 2.31. The van der Waals surface area contributed by atoms with Crippen molar-refractivity contribution in [2.75, 3.05) is 5.32 Å². The van der Waals surface area contributed by atoms with E-state index in [2.05, 4.69) is 10.3 Å². The van der Waals surface area contributed by atoms with E-state index in [1.807, 2.05) is 12.1 Å². The maximum atomic E-state index is 12.4. The summed E-state index contributed by atoms with van der Waals surface area (Å²) >= 11 is 0. The molecular formula is C23H21N3O5. The molecule has 31 heavy (non-hydrogen) atoms. The molecule has 0 atom stereocenters. The molecule has 1 heterocycles. The zero-order chi connectivity index (χ0) is 21.6. The number of aromatic nitrogens is 1. The lowest BCUT2D eigenvalue weighted by Gasteiger charge is -2.09. The molecule has 0 aliphatic heterocycles. The minimum Gasteiger partial charge on any atom is -0.489 e. The second-order valence-corrected chi connectivity index (χ2v) is 7.27. The van der Waals surface area contributed by atoms with E-state index < -0.39 is 10.9 Å². The molecule has 2 aromatic carbocycles. The predicted octanol–water partition coefficient (Wildman–Crippen LogP) is 4.50. The topological polar surface area (TPSA) is 104 Å². The van der Waals surface area contributed by atoms with Gasteiger partial charge in [0.25, 0.3) is 5.69 Å². The van der Waals surface area contributed by atoms with Crippen molar-refractivity contribution in [1.82, 2.24) is 4.98 Å². The molecule has 1 saturated carbocycles. The molecule has 8 heteroatoms. The Morgan fingerprint density at radius 1 is 1.03 bits per heavy atom. The smallest absolute Gasteiger partial charge is 0.338 e. The van der Waals surface area contributed by atoms with Crippen molar-refractivity contribution in [3.8, 4) is 5.75 Å². The van der Waals surface area contributed by atoms with Crippen LogP contribution in [0.25, 0.3) is 0 Å². The maximum absolute atomic E-state index is 12.4. The summed E-state index contributed by atoms with van der Waals surface area (Å²) in [6, 6.07) is 15.6. The number of nitro groups is 1. The SMILES string of the molecule is O=C(OCc1ccc(OCc2ccncc2)cc1)c1ccc(NC2CC2)c([N+](=O)[O-])c1. The van der Waals surface area contributed by atoms with Gasteiger partial charge in [0.2, 0.25) is 0 Å². The molecule has 1 aliphatic carbocycles. The van der Waals surface area contributed by atoms with Crippen LogP contribution in [0.5, 0.6) is 5.75 Å². The summed E-state index contributed by atoms with van der Waals surface area (Å²) in [5.41, 5.74) is 2.24. The number of benzene rings is 2. The van der Waals surface area contributed by atoms with Crippen molar-refractivity contribution in [3.63, 3.8) is 0 Å². The van der Waals surface area contributed by atoms with Gasteiger partial charge in [0.15, 0.2) is 0 Å². The van der Waals surface area contributed by atoms with Gasteiger partial charge in [0.05, 0.1) is 10.5 Å². The Kier molecular flexibility index (Phi) is 6.07. The van der Waals surface area contributed by atoms with Crippen molar-refractivity contribution in [3.05, 3.63) is 93.8 Å². The summed E-state index contributed by atoms with van der Waals surface area (Å²) in [6.07, 6.45) is 5.41. The lowest BCUT2D eigenvalue weighted by Crippen LogP contribution is -2.08. The molecular weight excluding hydrogens is 398 g/mol. The van der Waals surface area contributed by atoms with Gasteiger partial charge in [-0.3, -0.25) is 15.1 Å². The van der Waals surface area contributed by atoms with Gasteiger partial charge in [-0.2, -0.15) is 0 Å². The molecule has 0 amide bonds. The molecule has 8 nitrogen and oxygen atoms in total. The molecule has 0 saturated heterocycles. The molecule has 0 unspecified atom stereocenters. The molecule has 4 rings (SSSR count). The third-order valence-corrected chi connectivity index (χ3v) is 4.82. The fraction of sp³-hybridized carbons (Fsp3) is 0.217. The van der Waals surface area contributed by atoms with Crippen LogP contribution in [0.1, 0.15) is 34.3 Å². The Labute approximate surface area is 179 Å². The maximum Gasteiger partial charge on any atom is 0.338 e. The third-order valence-electron chi connectivity index (χ3n) is 4.82. The Bertz CT molecular complexity index is 1070. The zero-order valence-electron chi connectivity index (χ0n) is 16.7. The third kappa shape index (κ3) is 5.57. The van der Waals surface area contributed by atoms with Gasteiger partial charge in [-0.05, 0) is 60.4 Å². The number of ether oxygens (including phenoxy) is 2. The normalized spacial score (nSPS) is 12.8. The number of anilines is 1. The van der Waals surface area contributed by atoms with E-state index in [1.165, 1.54) is 12.1 Å². The van der Waals surface area contributed by atoms with Crippen molar-refractivity contribution in [2.24, 2.45) is 0 Å². The fourth-order valence-corrected chi connectivity index (χ4v) is 2.94. The number of esters is 1. The molecule has 1 N–H and O–H groups in total. The van der Waals surface area contributed by atoms with Crippen LogP contribution < -0.4 is 10.1 Å². The summed E-state index contributed by atoms with van der Waals surface area (Å²) in [6.45, 7) is 0.487. The van der Waals surface area contributed by atoms with Gasteiger partial charge in [-0.25, -0.2) is 4.79 Å². The van der Waals surface area contributed by atoms with Crippen LogP contribution in [0.4, 0.5) is 11.4 Å². The second kappa shape index (κ2) is 9.25. The molecule has 0 radical (unpaired) electrons. The number of carbonyl (C=O) groups is 1. The van der Waals surface area contributed by atoms with E-state index in [1.54, 1.807) is 42.7 Å². The minimum atomic E-state index is -0.612. The molecule has 158 valence electrons. The summed E-state index contributed by atoms with van der Waals surface area (Å²) in [7, 11) is 0. The van der Waals surface area contributed by atoms with Gasteiger partial charge < -0.3 is 14.8 Å². The van der Waals surface area contributed by atoms with Gasteiger partial charge in [0, 0.05) is 24.5 Å². The second-order valence-electron chi connectivity index (χ2n) is 7.27. The van der Waals surface area contributed by atoms with Crippen LogP contribution in [-0.4, -0.2) is 21.9 Å². The highest BCUT2D eigenvalue weighted by atomic mass is 16.6. The summed E-state index contributed by atoms with van der Waals surface area (Å²) < 4.78 is 11.0. The molecule has 0 spiro atoms. The molecule has 1 fully saturated rings. The van der Waals surface area contributed by atoms with Crippen LogP contribution in [0.2, 0.25) is 0 Å². The first kappa shape index (κ1) is 20.3. The molecule has 1 aliphatic rings. The summed E-state index contributed by atoms with van der Waals surface area (Å²) in [4.78, 5) is 27.2. The van der Waals surface area contributed by atoms with Gasteiger partial charge in [-0.1, -0.05) is 12.1 Å². The monoisotopic (exact) mass is 419 g/mol. The predicted molar refractivity (Wildman–Crippen MR) is 114 cm³/mol. The van der Waals surface area contributed by atoms with Crippen molar-refractivity contribution in [2.45, 2.75) is 32.1 Å². The van der Waals surface area contributed by atoms with E-state index in [9.17, 15) is 14.9 Å². The average Bonchev–Trinajstić information content (AvgIpc) is 3.61. The minimum absolute atomic E-state index is 0.0549. The van der Waals surface area contributed by atoms with Crippen LogP contribution in [-0.2, 0) is 18.0 Å². The van der Waals surface area contributed by atoms with E-state index >= 15 is 0 Å². The van der Waals surface area contributed by atoms with Crippen molar-refractivity contribution in [1.29, 1.82) is 0 Å². The van der Waals surface area contributed by atoms with Crippen LogP contribution in [0, 0.1) is 10.1 Å². The molecule has 1 aromatic heterocycles. The number of hydrogen-bond donors (Lipinski definition) is 1. The Balaban J connectivity index is 1.32. The zero-order valence-corrected chi connectivity index (χ0v) is 16.7. The average molecular weight is 419 g/mol. The van der Waals surface area contributed by atoms with E-state index in [4.69, 9.17) is 9.47 Å². The molecule has 0 bridgehead atoms. The number of pyridine rings is 1. The molecule has 3 aromatic rings. The first-order chi connectivity index (χ1) is 15.1. The highest BCUT2D eigenvalue weighted by Gasteiger charge is 2.25. The first-order valence-corrected chi connectivity index (χ1v) is 9.91. The lowest BCUT2D eigenvalue weighted by atomic mass is 10.1. The standard InChI is InChI=1S/C23H21N3O5/c27-23(18-3-8-21(25-19-4-5-19)22(13-18)26(28)29)31-15-16-1-6-20(7-2-16)30-14-17-9-11-24-12-10-17/h1-3,6-13,19,25H,4-5,14-15H2. The number of nitrogens with one attached hydrogen (secondary N) is 1. The van der Waals surface area contributed by atoms with E-state index in [-0.39, 0.29) is 23.9 Å². The Hall–Kier alpha value is -3.94. The first-order valence-electron chi connectivity index (χ1n) is 9.91. The van der Waals surface area contributed by atoms with E-state index in [0.717, 1.165) is 24.0 Å². The fourth-order valence-electron chi connectivity index (χ4n) is 2.94. The van der Waals surface area contributed by atoms with Crippen LogP contribution in [0.3, 0.4) is 0 Å². The number of nitro benzene ring substituents is 1. The van der Waals surface area contributed by atoms with Gasteiger partial charge in [0.1, 0.15) is 24.7 Å². The van der Waals surface area contributed by atoms with Crippen LogP contribution in [0.15, 0.2) is 67.0 Å². The summed E-state index contributed by atoms with van der Waals surface area (Å²) in [5.74, 6) is 0.0837. The Morgan fingerprint density at radius 3 is 2.42 bits per heavy atom. The van der Waals surface area contributed by atoms with Gasteiger partial charge >= 0.3 is 5.97 Å². The number of rotatable bonds is 9. The number of hydrogen-bond acceptors (Lipinski definition) is 7. The van der Waals surface area contributed by atoms with Crippen molar-refractivity contribution >= 4 is 17.3 Å². The summed E-state index contributed by atoms with van der Waals surface area (Å²) in [5, 5.41) is 14.5. The quantitative estimate of drug-likeness (QED) is 0.309. The van der Waals surface area contributed by atoms with Crippen molar-refractivity contribution < 1.29 is 19.2 Å².